The van der Waals surface area contributed by atoms with Crippen LogP contribution < -0.4 is 16.0 Å². The molecule has 0 aliphatic carbocycles. The third kappa shape index (κ3) is 5.92. The number of carbonyl (C=O) groups excluding carboxylic acids is 2. The number of halogens is 4. The van der Waals surface area contributed by atoms with Crippen LogP contribution in [0, 0.1) is 0 Å². The summed E-state index contributed by atoms with van der Waals surface area (Å²) in [5, 5.41) is 13.5. The lowest BCUT2D eigenvalue weighted by atomic mass is 10.2. The van der Waals surface area contributed by atoms with E-state index in [4.69, 9.17) is 11.6 Å². The number of benzene rings is 2. The van der Waals surface area contributed by atoms with E-state index in [0.717, 1.165) is 12.1 Å². The van der Waals surface area contributed by atoms with Crippen LogP contribution in [-0.4, -0.2) is 32.1 Å². The van der Waals surface area contributed by atoms with Gasteiger partial charge in [-0.05, 0) is 54.6 Å². The number of hydrogen-bond donors (Lipinski definition) is 4. The Balaban J connectivity index is 1.37. The minimum absolute atomic E-state index is 0.0811. The van der Waals surface area contributed by atoms with E-state index in [1.165, 1.54) is 48.8 Å². The van der Waals surface area contributed by atoms with Gasteiger partial charge in [-0.25, -0.2) is 14.8 Å². The van der Waals surface area contributed by atoms with Crippen molar-refractivity contribution in [2.45, 2.75) is 6.18 Å². The fourth-order valence-corrected chi connectivity index (χ4v) is 3.17. The highest BCUT2D eigenvalue weighted by Gasteiger charge is 2.33. The average molecular weight is 502 g/mol. The molecule has 0 fully saturated rings. The van der Waals surface area contributed by atoms with Crippen molar-refractivity contribution in [3.63, 3.8) is 0 Å². The molecule has 0 spiro atoms. The first kappa shape index (κ1) is 23.7. The summed E-state index contributed by atoms with van der Waals surface area (Å²) in [5.74, 6) is -0.168. The largest absolute Gasteiger partial charge is 0.417 e. The maximum atomic E-state index is 13.0. The standard InChI is InChI=1S/C22H15ClF3N7O2/c23-16-6-5-14(11-15(16)22(24,25)26)31-21(35)30-13-3-1-12(2-4-13)29-20(34)18-7-9-27-19(32-18)17-8-10-28-33-17/h1-11H,(H,28,33)(H,29,34)(H2,30,31,35). The van der Waals surface area contributed by atoms with Crippen molar-refractivity contribution >= 4 is 40.6 Å². The van der Waals surface area contributed by atoms with Gasteiger partial charge in [0.1, 0.15) is 11.4 Å². The first-order valence-electron chi connectivity index (χ1n) is 9.88. The number of urea groups is 1. The molecule has 35 heavy (non-hydrogen) atoms. The molecular weight excluding hydrogens is 487 g/mol. The van der Waals surface area contributed by atoms with Crippen LogP contribution in [0.15, 0.2) is 67.0 Å². The van der Waals surface area contributed by atoms with Gasteiger partial charge in [0.05, 0.1) is 10.6 Å². The van der Waals surface area contributed by atoms with Gasteiger partial charge in [0.15, 0.2) is 5.82 Å². The Morgan fingerprint density at radius 1 is 0.857 bits per heavy atom. The highest BCUT2D eigenvalue weighted by molar-refractivity contribution is 6.31. The van der Waals surface area contributed by atoms with Crippen molar-refractivity contribution in [2.24, 2.45) is 0 Å². The number of carbonyl (C=O) groups is 2. The maximum Gasteiger partial charge on any atom is 0.417 e. The summed E-state index contributed by atoms with van der Waals surface area (Å²) in [4.78, 5) is 33.0. The van der Waals surface area contributed by atoms with Gasteiger partial charge in [0, 0.05) is 29.5 Å². The number of aromatic amines is 1. The minimum Gasteiger partial charge on any atom is -0.321 e. The van der Waals surface area contributed by atoms with Crippen LogP contribution in [0.3, 0.4) is 0 Å². The van der Waals surface area contributed by atoms with Gasteiger partial charge in [-0.3, -0.25) is 9.89 Å². The molecule has 4 rings (SSSR count). The Morgan fingerprint density at radius 3 is 2.17 bits per heavy atom. The number of H-pyrrole nitrogens is 1. The minimum atomic E-state index is -4.65. The monoisotopic (exact) mass is 501 g/mol. The van der Waals surface area contributed by atoms with Gasteiger partial charge >= 0.3 is 12.2 Å². The highest BCUT2D eigenvalue weighted by Crippen LogP contribution is 2.36. The van der Waals surface area contributed by atoms with E-state index in [9.17, 15) is 22.8 Å². The first-order chi connectivity index (χ1) is 16.7. The molecule has 0 aliphatic rings. The summed E-state index contributed by atoms with van der Waals surface area (Å²) >= 11 is 5.58. The predicted octanol–water partition coefficient (Wildman–Crippen LogP) is 5.44. The number of aromatic nitrogens is 4. The number of nitrogens with zero attached hydrogens (tertiary/aromatic N) is 3. The lowest BCUT2D eigenvalue weighted by Crippen LogP contribution is -2.20. The molecule has 2 heterocycles. The molecule has 0 radical (unpaired) electrons. The Kier molecular flexibility index (Phi) is 6.64. The molecular formula is C22H15ClF3N7O2. The molecule has 4 aromatic rings. The first-order valence-corrected chi connectivity index (χ1v) is 10.3. The summed E-state index contributed by atoms with van der Waals surface area (Å²) in [6, 6.07) is 11.5. The molecule has 4 N–H and O–H groups in total. The second-order valence-corrected chi connectivity index (χ2v) is 7.45. The Labute approximate surface area is 200 Å². The van der Waals surface area contributed by atoms with Crippen LogP contribution in [0.4, 0.5) is 35.0 Å². The molecule has 0 bridgehead atoms. The second-order valence-electron chi connectivity index (χ2n) is 7.04. The van der Waals surface area contributed by atoms with Crippen LogP contribution in [0.5, 0.6) is 0 Å². The van der Waals surface area contributed by atoms with Gasteiger partial charge in [-0.15, -0.1) is 0 Å². The predicted molar refractivity (Wildman–Crippen MR) is 123 cm³/mol. The van der Waals surface area contributed by atoms with Gasteiger partial charge in [-0.2, -0.15) is 18.3 Å². The fraction of sp³-hybridized carbons (Fsp3) is 0.0455. The van der Waals surface area contributed by atoms with Crippen LogP contribution in [-0.2, 0) is 6.18 Å². The van der Waals surface area contributed by atoms with E-state index >= 15 is 0 Å². The summed E-state index contributed by atoms with van der Waals surface area (Å²) in [6.07, 6.45) is -1.67. The van der Waals surface area contributed by atoms with Crippen molar-refractivity contribution in [1.29, 1.82) is 0 Å². The molecule has 178 valence electrons. The van der Waals surface area contributed by atoms with Crippen LogP contribution in [0.1, 0.15) is 16.1 Å². The van der Waals surface area contributed by atoms with E-state index in [1.54, 1.807) is 6.07 Å². The van der Waals surface area contributed by atoms with Gasteiger partial charge in [0.2, 0.25) is 0 Å². The molecule has 9 nitrogen and oxygen atoms in total. The van der Waals surface area contributed by atoms with Crippen molar-refractivity contribution in [2.75, 3.05) is 16.0 Å². The summed E-state index contributed by atoms with van der Waals surface area (Å²) < 4.78 is 38.9. The Hall–Kier alpha value is -4.45. The summed E-state index contributed by atoms with van der Waals surface area (Å²) in [7, 11) is 0. The van der Waals surface area contributed by atoms with Crippen molar-refractivity contribution in [1.82, 2.24) is 20.2 Å². The number of rotatable bonds is 5. The molecule has 13 heteroatoms. The van der Waals surface area contributed by atoms with Gasteiger partial charge in [0.25, 0.3) is 5.91 Å². The lowest BCUT2D eigenvalue weighted by molar-refractivity contribution is -0.137. The smallest absolute Gasteiger partial charge is 0.321 e. The number of alkyl halides is 3. The third-order valence-electron chi connectivity index (χ3n) is 4.56. The number of amides is 3. The van der Waals surface area contributed by atoms with Crippen molar-refractivity contribution < 1.29 is 22.8 Å². The third-order valence-corrected chi connectivity index (χ3v) is 4.89. The van der Waals surface area contributed by atoms with Crippen LogP contribution in [0.25, 0.3) is 11.5 Å². The summed E-state index contributed by atoms with van der Waals surface area (Å²) in [5.41, 5.74) is 0.318. The highest BCUT2D eigenvalue weighted by atomic mass is 35.5. The Bertz CT molecular complexity index is 1360. The number of anilines is 3. The quantitative estimate of drug-likeness (QED) is 0.290. The maximum absolute atomic E-state index is 13.0. The van der Waals surface area contributed by atoms with Crippen LogP contribution in [0.2, 0.25) is 5.02 Å². The van der Waals surface area contributed by atoms with Crippen molar-refractivity contribution in [3.8, 4) is 11.5 Å². The lowest BCUT2D eigenvalue weighted by Gasteiger charge is -2.12. The van der Waals surface area contributed by atoms with E-state index in [-0.39, 0.29) is 11.4 Å². The topological polar surface area (TPSA) is 125 Å². The van der Waals surface area contributed by atoms with E-state index in [2.05, 4.69) is 36.1 Å². The summed E-state index contributed by atoms with van der Waals surface area (Å²) in [6.45, 7) is 0. The SMILES string of the molecule is O=C(Nc1ccc(NC(=O)c2ccnc(-c3ccn[nH]3)n2)cc1)Nc1ccc(Cl)c(C(F)(F)F)c1. The van der Waals surface area contributed by atoms with Crippen molar-refractivity contribution in [3.05, 3.63) is 83.3 Å². The molecule has 2 aromatic heterocycles. The zero-order valence-electron chi connectivity index (χ0n) is 17.5. The van der Waals surface area contributed by atoms with E-state index in [1.807, 2.05) is 0 Å². The second kappa shape index (κ2) is 9.81. The number of hydrogen-bond acceptors (Lipinski definition) is 5. The molecule has 0 saturated carbocycles. The Morgan fingerprint density at radius 2 is 1.51 bits per heavy atom. The van der Waals surface area contributed by atoms with E-state index in [0.29, 0.717) is 22.9 Å². The fourth-order valence-electron chi connectivity index (χ4n) is 2.94. The zero-order valence-corrected chi connectivity index (χ0v) is 18.3. The molecule has 0 saturated heterocycles. The molecule has 0 unspecified atom stereocenters. The molecule has 0 aliphatic heterocycles. The average Bonchev–Trinajstić information content (AvgIpc) is 3.36. The number of nitrogens with one attached hydrogen (secondary N) is 4. The molecule has 2 aromatic carbocycles. The zero-order chi connectivity index (χ0) is 25.0. The van der Waals surface area contributed by atoms with Gasteiger partial charge < -0.3 is 16.0 Å². The van der Waals surface area contributed by atoms with Gasteiger partial charge in [-0.1, -0.05) is 11.6 Å². The van der Waals surface area contributed by atoms with E-state index < -0.39 is 28.7 Å². The molecule has 3 amide bonds. The van der Waals surface area contributed by atoms with Crippen LogP contribution >= 0.6 is 11.6 Å². The molecule has 0 atom stereocenters. The normalized spacial score (nSPS) is 11.1.